The standard InChI is InChI=1S/C14H16BrN3O/c1-3-16-6-11-7-18-10(2)4-14(11)19-13-5-12(15)8-17-9-13/h4-5,7-9,16H,3,6H2,1-2H3. The van der Waals surface area contributed by atoms with Gasteiger partial charge >= 0.3 is 0 Å². The third kappa shape index (κ3) is 4.01. The van der Waals surface area contributed by atoms with Gasteiger partial charge in [0.15, 0.2) is 0 Å². The van der Waals surface area contributed by atoms with Gasteiger partial charge in [-0.3, -0.25) is 9.97 Å². The summed E-state index contributed by atoms with van der Waals surface area (Å²) in [5.41, 5.74) is 1.96. The van der Waals surface area contributed by atoms with Crippen molar-refractivity contribution in [2.75, 3.05) is 6.54 Å². The lowest BCUT2D eigenvalue weighted by atomic mass is 10.2. The van der Waals surface area contributed by atoms with E-state index in [1.54, 1.807) is 12.4 Å². The van der Waals surface area contributed by atoms with Crippen LogP contribution in [0.15, 0.2) is 35.2 Å². The first-order valence-corrected chi connectivity index (χ1v) is 6.93. The van der Waals surface area contributed by atoms with Crippen molar-refractivity contribution in [2.24, 2.45) is 0 Å². The molecule has 2 aromatic heterocycles. The molecule has 0 amide bonds. The van der Waals surface area contributed by atoms with Crippen molar-refractivity contribution in [2.45, 2.75) is 20.4 Å². The van der Waals surface area contributed by atoms with Crippen LogP contribution in [0.3, 0.4) is 0 Å². The largest absolute Gasteiger partial charge is 0.455 e. The van der Waals surface area contributed by atoms with Gasteiger partial charge in [-0.2, -0.15) is 0 Å². The fraction of sp³-hybridized carbons (Fsp3) is 0.286. The average molecular weight is 322 g/mol. The minimum Gasteiger partial charge on any atom is -0.455 e. The van der Waals surface area contributed by atoms with Crippen LogP contribution in [0.2, 0.25) is 0 Å². The van der Waals surface area contributed by atoms with Crippen LogP contribution in [0.25, 0.3) is 0 Å². The minimum absolute atomic E-state index is 0.706. The van der Waals surface area contributed by atoms with Gasteiger partial charge in [0.05, 0.1) is 6.20 Å². The highest BCUT2D eigenvalue weighted by Gasteiger charge is 2.07. The Bertz CT molecular complexity index is 560. The predicted molar refractivity (Wildman–Crippen MR) is 78.4 cm³/mol. The van der Waals surface area contributed by atoms with E-state index in [2.05, 4.69) is 38.1 Å². The third-order valence-corrected chi connectivity index (χ3v) is 2.99. The summed E-state index contributed by atoms with van der Waals surface area (Å²) in [6.07, 6.45) is 5.26. The Kier molecular flexibility index (Phi) is 4.87. The van der Waals surface area contributed by atoms with Crippen LogP contribution < -0.4 is 10.1 Å². The Morgan fingerprint density at radius 1 is 1.26 bits per heavy atom. The van der Waals surface area contributed by atoms with Gasteiger partial charge in [-0.05, 0) is 35.5 Å². The number of rotatable bonds is 5. The van der Waals surface area contributed by atoms with Crippen LogP contribution in [0, 0.1) is 6.92 Å². The van der Waals surface area contributed by atoms with E-state index < -0.39 is 0 Å². The van der Waals surface area contributed by atoms with Gasteiger partial charge in [0.25, 0.3) is 0 Å². The van der Waals surface area contributed by atoms with Crippen molar-refractivity contribution >= 4 is 15.9 Å². The van der Waals surface area contributed by atoms with E-state index in [4.69, 9.17) is 4.74 Å². The van der Waals surface area contributed by atoms with Crippen molar-refractivity contribution in [3.05, 3.63) is 46.5 Å². The number of aromatic nitrogens is 2. The molecular formula is C14H16BrN3O. The molecule has 100 valence electrons. The van der Waals surface area contributed by atoms with Crippen LogP contribution in [0.1, 0.15) is 18.2 Å². The summed E-state index contributed by atoms with van der Waals surface area (Å²) in [6.45, 7) is 5.66. The molecule has 4 nitrogen and oxygen atoms in total. The Morgan fingerprint density at radius 2 is 2.11 bits per heavy atom. The first-order valence-electron chi connectivity index (χ1n) is 6.13. The molecule has 0 aliphatic rings. The van der Waals surface area contributed by atoms with Gasteiger partial charge < -0.3 is 10.1 Å². The fourth-order valence-corrected chi connectivity index (χ4v) is 1.97. The summed E-state index contributed by atoms with van der Waals surface area (Å²) in [5.74, 6) is 1.52. The molecule has 0 fully saturated rings. The summed E-state index contributed by atoms with van der Waals surface area (Å²) in [6, 6.07) is 3.83. The molecule has 2 heterocycles. The van der Waals surface area contributed by atoms with E-state index in [0.717, 1.165) is 34.6 Å². The van der Waals surface area contributed by atoms with E-state index in [0.29, 0.717) is 5.75 Å². The van der Waals surface area contributed by atoms with E-state index >= 15 is 0 Å². The Balaban J connectivity index is 2.24. The van der Waals surface area contributed by atoms with Crippen molar-refractivity contribution in [1.29, 1.82) is 0 Å². The molecule has 0 aliphatic heterocycles. The summed E-state index contributed by atoms with van der Waals surface area (Å²) >= 11 is 3.38. The number of nitrogens with one attached hydrogen (secondary N) is 1. The molecule has 19 heavy (non-hydrogen) atoms. The fourth-order valence-electron chi connectivity index (χ4n) is 1.63. The molecule has 5 heteroatoms. The van der Waals surface area contributed by atoms with E-state index in [1.807, 2.05) is 25.3 Å². The Labute approximate surface area is 121 Å². The van der Waals surface area contributed by atoms with E-state index in [-0.39, 0.29) is 0 Å². The molecule has 0 saturated heterocycles. The maximum absolute atomic E-state index is 5.90. The van der Waals surface area contributed by atoms with Gasteiger partial charge in [0.2, 0.25) is 0 Å². The quantitative estimate of drug-likeness (QED) is 0.916. The smallest absolute Gasteiger partial charge is 0.146 e. The molecular weight excluding hydrogens is 306 g/mol. The third-order valence-electron chi connectivity index (χ3n) is 2.55. The van der Waals surface area contributed by atoms with Crippen LogP contribution in [0.5, 0.6) is 11.5 Å². The highest BCUT2D eigenvalue weighted by atomic mass is 79.9. The summed E-state index contributed by atoms with van der Waals surface area (Å²) in [5, 5.41) is 3.28. The first-order chi connectivity index (χ1) is 9.19. The summed E-state index contributed by atoms with van der Waals surface area (Å²) in [7, 11) is 0. The number of halogens is 1. The zero-order chi connectivity index (χ0) is 13.7. The minimum atomic E-state index is 0.706. The average Bonchev–Trinajstić information content (AvgIpc) is 2.38. The first kappa shape index (κ1) is 14.0. The number of hydrogen-bond acceptors (Lipinski definition) is 4. The number of aryl methyl sites for hydroxylation is 1. The second-order valence-corrected chi connectivity index (χ2v) is 5.07. The predicted octanol–water partition coefficient (Wildman–Crippen LogP) is 3.45. The van der Waals surface area contributed by atoms with E-state index in [9.17, 15) is 0 Å². The number of nitrogens with zero attached hydrogens (tertiary/aromatic N) is 2. The summed E-state index contributed by atoms with van der Waals surface area (Å²) < 4.78 is 6.79. The highest BCUT2D eigenvalue weighted by molar-refractivity contribution is 9.10. The molecule has 1 N–H and O–H groups in total. The van der Waals surface area contributed by atoms with Crippen LogP contribution >= 0.6 is 15.9 Å². The zero-order valence-electron chi connectivity index (χ0n) is 11.0. The molecule has 0 radical (unpaired) electrons. The highest BCUT2D eigenvalue weighted by Crippen LogP contribution is 2.26. The van der Waals surface area contributed by atoms with Crippen molar-refractivity contribution in [3.8, 4) is 11.5 Å². The molecule has 0 aromatic carbocycles. The SMILES string of the molecule is CCNCc1cnc(C)cc1Oc1cncc(Br)c1. The van der Waals surface area contributed by atoms with Gasteiger partial charge in [-0.15, -0.1) is 0 Å². The van der Waals surface area contributed by atoms with Crippen LogP contribution in [-0.2, 0) is 6.54 Å². The molecule has 0 unspecified atom stereocenters. The lowest BCUT2D eigenvalue weighted by Crippen LogP contribution is -2.12. The second-order valence-electron chi connectivity index (χ2n) is 4.15. The molecule has 0 atom stereocenters. The molecule has 0 aliphatic carbocycles. The monoisotopic (exact) mass is 321 g/mol. The lowest BCUT2D eigenvalue weighted by molar-refractivity contribution is 0.469. The van der Waals surface area contributed by atoms with Crippen molar-refractivity contribution < 1.29 is 4.74 Å². The maximum atomic E-state index is 5.90. The van der Waals surface area contributed by atoms with E-state index in [1.165, 1.54) is 0 Å². The van der Waals surface area contributed by atoms with Crippen molar-refractivity contribution in [1.82, 2.24) is 15.3 Å². The molecule has 2 rings (SSSR count). The zero-order valence-corrected chi connectivity index (χ0v) is 12.6. The van der Waals surface area contributed by atoms with Gasteiger partial charge in [0, 0.05) is 40.7 Å². The Hall–Kier alpha value is -1.46. The topological polar surface area (TPSA) is 47.0 Å². The molecule has 2 aromatic rings. The maximum Gasteiger partial charge on any atom is 0.146 e. The second kappa shape index (κ2) is 6.63. The van der Waals surface area contributed by atoms with Gasteiger partial charge in [-0.1, -0.05) is 6.92 Å². The van der Waals surface area contributed by atoms with Crippen molar-refractivity contribution in [3.63, 3.8) is 0 Å². The van der Waals surface area contributed by atoms with Crippen LogP contribution in [0.4, 0.5) is 0 Å². The van der Waals surface area contributed by atoms with Gasteiger partial charge in [-0.25, -0.2) is 0 Å². The van der Waals surface area contributed by atoms with Crippen LogP contribution in [-0.4, -0.2) is 16.5 Å². The number of hydrogen-bond donors (Lipinski definition) is 1. The molecule has 0 bridgehead atoms. The molecule has 0 saturated carbocycles. The number of ether oxygens (including phenoxy) is 1. The summed E-state index contributed by atoms with van der Waals surface area (Å²) in [4.78, 5) is 8.40. The Morgan fingerprint density at radius 3 is 2.84 bits per heavy atom. The number of pyridine rings is 2. The lowest BCUT2D eigenvalue weighted by Gasteiger charge is -2.12. The normalized spacial score (nSPS) is 10.5. The molecule has 0 spiro atoms. The van der Waals surface area contributed by atoms with Gasteiger partial charge in [0.1, 0.15) is 11.5 Å².